The van der Waals surface area contributed by atoms with Gasteiger partial charge in [0.1, 0.15) is 10.0 Å². The molecule has 0 aromatic carbocycles. The lowest BCUT2D eigenvalue weighted by Crippen LogP contribution is -1.94. The Hall–Kier alpha value is 0.410. The number of pyridine rings is 1. The van der Waals surface area contributed by atoms with Gasteiger partial charge >= 0.3 is 0 Å². The summed E-state index contributed by atoms with van der Waals surface area (Å²) < 4.78 is 22.4. The minimum atomic E-state index is -3.78. The molecule has 1 heterocycles. The molecule has 0 saturated heterocycles. The molecule has 66 valence electrons. The predicted octanol–water partition coefficient (Wildman–Crippen LogP) is 2.27. The Morgan fingerprint density at radius 3 is 2.50 bits per heavy atom. The molecule has 0 saturated carbocycles. The Kier molecular flexibility index (Phi) is 3.19. The van der Waals surface area contributed by atoms with Gasteiger partial charge in [0.2, 0.25) is 0 Å². The maximum absolute atomic E-state index is 10.8. The third-order valence-corrected chi connectivity index (χ3v) is 3.37. The third kappa shape index (κ3) is 2.45. The van der Waals surface area contributed by atoms with Crippen LogP contribution >= 0.6 is 44.9 Å². The number of aromatic nitrogens is 1. The fourth-order valence-corrected chi connectivity index (χ4v) is 2.64. The quantitative estimate of drug-likeness (QED) is 0.448. The van der Waals surface area contributed by atoms with Crippen molar-refractivity contribution in [2.75, 3.05) is 0 Å². The molecule has 0 aliphatic heterocycles. The van der Waals surface area contributed by atoms with Gasteiger partial charge in [-0.15, -0.1) is 0 Å². The van der Waals surface area contributed by atoms with Gasteiger partial charge in [-0.3, -0.25) is 0 Å². The minimum absolute atomic E-state index is 0.106. The molecule has 7 heteroatoms. The lowest BCUT2D eigenvalue weighted by Gasteiger charge is -1.98. The molecule has 1 aromatic heterocycles. The highest BCUT2D eigenvalue weighted by molar-refractivity contribution is 14.1. The normalized spacial score (nSPS) is 11.6. The summed E-state index contributed by atoms with van der Waals surface area (Å²) in [6, 6.07) is 1.36. The van der Waals surface area contributed by atoms with Crippen molar-refractivity contribution in [2.24, 2.45) is 0 Å². The Balaban J connectivity index is 3.43. The second kappa shape index (κ2) is 3.65. The summed E-state index contributed by atoms with van der Waals surface area (Å²) in [4.78, 5) is 3.48. The zero-order chi connectivity index (χ0) is 9.35. The monoisotopic (exact) mass is 337 g/mol. The molecule has 0 atom stereocenters. The molecule has 0 spiro atoms. The van der Waals surface area contributed by atoms with Gasteiger partial charge in [0.25, 0.3) is 9.05 Å². The Morgan fingerprint density at radius 2 is 2.08 bits per heavy atom. The van der Waals surface area contributed by atoms with Crippen LogP contribution in [0.15, 0.2) is 17.2 Å². The van der Waals surface area contributed by atoms with E-state index in [-0.39, 0.29) is 10.0 Å². The van der Waals surface area contributed by atoms with Gasteiger partial charge in [0.15, 0.2) is 0 Å². The largest absolute Gasteiger partial charge is 0.264 e. The number of hydrogen-bond donors (Lipinski definition) is 0. The van der Waals surface area contributed by atoms with Crippen molar-refractivity contribution in [3.05, 3.63) is 21.0 Å². The molecule has 0 amide bonds. The molecular formula is C5H2Cl2INO2S. The number of halogens is 3. The highest BCUT2D eigenvalue weighted by Gasteiger charge is 2.15. The van der Waals surface area contributed by atoms with E-state index < -0.39 is 9.05 Å². The fourth-order valence-electron chi connectivity index (χ4n) is 0.575. The van der Waals surface area contributed by atoms with Crippen LogP contribution in [0.5, 0.6) is 0 Å². The van der Waals surface area contributed by atoms with Crippen LogP contribution in [-0.2, 0) is 9.05 Å². The van der Waals surface area contributed by atoms with E-state index in [9.17, 15) is 8.42 Å². The van der Waals surface area contributed by atoms with Crippen LogP contribution in [0.2, 0.25) is 5.15 Å². The summed E-state index contributed by atoms with van der Waals surface area (Å²) >= 11 is 7.42. The second-order valence-electron chi connectivity index (χ2n) is 1.88. The highest BCUT2D eigenvalue weighted by atomic mass is 127. The minimum Gasteiger partial charge on any atom is -0.242 e. The van der Waals surface area contributed by atoms with Crippen molar-refractivity contribution >= 4 is 53.9 Å². The van der Waals surface area contributed by atoms with Gasteiger partial charge in [0, 0.05) is 20.4 Å². The lowest BCUT2D eigenvalue weighted by molar-refractivity contribution is 0.609. The molecule has 0 aliphatic rings. The number of hydrogen-bond acceptors (Lipinski definition) is 3. The summed E-state index contributed by atoms with van der Waals surface area (Å²) in [5.74, 6) is 0. The smallest absolute Gasteiger partial charge is 0.242 e. The van der Waals surface area contributed by atoms with Crippen LogP contribution in [0.25, 0.3) is 0 Å². The molecule has 0 bridgehead atoms. The van der Waals surface area contributed by atoms with E-state index in [0.717, 1.165) is 0 Å². The zero-order valence-electron chi connectivity index (χ0n) is 5.46. The summed E-state index contributed by atoms with van der Waals surface area (Å²) in [6.45, 7) is 0. The first kappa shape index (κ1) is 10.5. The van der Waals surface area contributed by atoms with Crippen molar-refractivity contribution in [1.82, 2.24) is 4.98 Å². The maximum atomic E-state index is 10.8. The second-order valence-corrected chi connectivity index (χ2v) is 6.02. The summed E-state index contributed by atoms with van der Waals surface area (Å²) in [5, 5.41) is -0.106. The van der Waals surface area contributed by atoms with E-state index in [2.05, 4.69) is 4.98 Å². The van der Waals surface area contributed by atoms with Crippen molar-refractivity contribution in [3.8, 4) is 0 Å². The van der Waals surface area contributed by atoms with E-state index >= 15 is 0 Å². The Morgan fingerprint density at radius 1 is 1.50 bits per heavy atom. The first-order valence-electron chi connectivity index (χ1n) is 2.67. The lowest BCUT2D eigenvalue weighted by atomic mass is 10.5. The average molecular weight is 338 g/mol. The SMILES string of the molecule is O=S(=O)(Cl)c1cc(I)cnc1Cl. The van der Waals surface area contributed by atoms with E-state index in [0.29, 0.717) is 3.57 Å². The van der Waals surface area contributed by atoms with Crippen molar-refractivity contribution in [1.29, 1.82) is 0 Å². The Bertz CT molecular complexity index is 406. The van der Waals surface area contributed by atoms with Crippen LogP contribution < -0.4 is 0 Å². The molecule has 1 aromatic rings. The summed E-state index contributed by atoms with van der Waals surface area (Å²) in [5.41, 5.74) is 0. The standard InChI is InChI=1S/C5H2Cl2INO2S/c6-5-4(12(7,10)11)1-3(8)2-9-5/h1-2H. The predicted molar refractivity (Wildman–Crippen MR) is 55.0 cm³/mol. The van der Waals surface area contributed by atoms with E-state index in [1.165, 1.54) is 12.3 Å². The molecule has 12 heavy (non-hydrogen) atoms. The van der Waals surface area contributed by atoms with E-state index in [1.54, 1.807) is 0 Å². The number of nitrogens with zero attached hydrogens (tertiary/aromatic N) is 1. The highest BCUT2D eigenvalue weighted by Crippen LogP contribution is 2.23. The van der Waals surface area contributed by atoms with Crippen LogP contribution in [0.3, 0.4) is 0 Å². The van der Waals surface area contributed by atoms with E-state index in [4.69, 9.17) is 22.3 Å². The van der Waals surface area contributed by atoms with Crippen LogP contribution in [0.1, 0.15) is 0 Å². The van der Waals surface area contributed by atoms with Crippen molar-refractivity contribution in [3.63, 3.8) is 0 Å². The van der Waals surface area contributed by atoms with Gasteiger partial charge in [-0.2, -0.15) is 0 Å². The number of rotatable bonds is 1. The van der Waals surface area contributed by atoms with Crippen molar-refractivity contribution in [2.45, 2.75) is 4.90 Å². The molecule has 0 aliphatic carbocycles. The molecule has 1 rings (SSSR count). The molecule has 0 N–H and O–H groups in total. The van der Waals surface area contributed by atoms with Crippen LogP contribution in [0, 0.1) is 3.57 Å². The van der Waals surface area contributed by atoms with Crippen LogP contribution in [0.4, 0.5) is 0 Å². The third-order valence-electron chi connectivity index (χ3n) is 1.04. The maximum Gasteiger partial charge on any atom is 0.264 e. The molecule has 0 fully saturated rings. The topological polar surface area (TPSA) is 47.0 Å². The fraction of sp³-hybridized carbons (Fsp3) is 0. The molecular weight excluding hydrogens is 336 g/mol. The van der Waals surface area contributed by atoms with Crippen LogP contribution in [-0.4, -0.2) is 13.4 Å². The van der Waals surface area contributed by atoms with Gasteiger partial charge in [0.05, 0.1) is 0 Å². The summed E-state index contributed by atoms with van der Waals surface area (Å²) in [7, 11) is 1.30. The first-order valence-corrected chi connectivity index (χ1v) is 6.43. The first-order chi connectivity index (χ1) is 5.41. The van der Waals surface area contributed by atoms with Crippen molar-refractivity contribution < 1.29 is 8.42 Å². The molecule has 0 unspecified atom stereocenters. The van der Waals surface area contributed by atoms with Gasteiger partial charge in [-0.1, -0.05) is 11.6 Å². The van der Waals surface area contributed by atoms with Gasteiger partial charge in [-0.05, 0) is 28.7 Å². The molecule has 0 radical (unpaired) electrons. The van der Waals surface area contributed by atoms with E-state index in [1.807, 2.05) is 22.6 Å². The summed E-state index contributed by atoms with van der Waals surface area (Å²) in [6.07, 6.45) is 1.45. The average Bonchev–Trinajstić information content (AvgIpc) is 1.92. The van der Waals surface area contributed by atoms with Gasteiger partial charge < -0.3 is 0 Å². The zero-order valence-corrected chi connectivity index (χ0v) is 9.95. The van der Waals surface area contributed by atoms with Gasteiger partial charge in [-0.25, -0.2) is 13.4 Å². The Labute approximate surface area is 92.6 Å². The molecule has 3 nitrogen and oxygen atoms in total.